The van der Waals surface area contributed by atoms with Crippen LogP contribution >= 0.6 is 0 Å². The summed E-state index contributed by atoms with van der Waals surface area (Å²) < 4.78 is 7.10. The third-order valence-electron chi connectivity index (χ3n) is 2.93. The molecular formula is C11H18N4O3. The van der Waals surface area contributed by atoms with E-state index in [0.717, 1.165) is 0 Å². The third kappa shape index (κ3) is 2.69. The lowest BCUT2D eigenvalue weighted by Gasteiger charge is -2.35. The van der Waals surface area contributed by atoms with Gasteiger partial charge in [0.25, 0.3) is 0 Å². The monoisotopic (exact) mass is 254 g/mol. The zero-order valence-electron chi connectivity index (χ0n) is 10.5. The maximum absolute atomic E-state index is 11.9. The van der Waals surface area contributed by atoms with Crippen molar-refractivity contribution in [1.82, 2.24) is 14.5 Å². The van der Waals surface area contributed by atoms with E-state index in [0.29, 0.717) is 18.9 Å². The summed E-state index contributed by atoms with van der Waals surface area (Å²) in [6.45, 7) is 1.19. The molecule has 7 heteroatoms. The Hall–Kier alpha value is -1.44. The topological polar surface area (TPSA) is 79.6 Å². The van der Waals surface area contributed by atoms with Gasteiger partial charge in [-0.3, -0.25) is 9.47 Å². The lowest BCUT2D eigenvalue weighted by Crippen LogP contribution is -2.47. The highest BCUT2D eigenvalue weighted by Crippen LogP contribution is 2.17. The minimum absolute atomic E-state index is 0.0579. The fourth-order valence-electron chi connectivity index (χ4n) is 2.02. The number of nitrogens with zero attached hydrogens (tertiary/aromatic N) is 3. The minimum atomic E-state index is -0.410. The van der Waals surface area contributed by atoms with Crippen molar-refractivity contribution in [2.75, 3.05) is 39.1 Å². The van der Waals surface area contributed by atoms with Gasteiger partial charge in [-0.05, 0) is 13.1 Å². The van der Waals surface area contributed by atoms with Crippen LogP contribution in [0.2, 0.25) is 0 Å². The standard InChI is InChI=1S/C11H18N4O3/c1-12-9-3-4-15(11(17)13-9)10-6-14(2)5-8(7-16)18-10/h3-4,8,10,16H,5-7H2,1-2H3,(H,12,13,17). The number of rotatable bonds is 3. The molecule has 2 heterocycles. The van der Waals surface area contributed by atoms with Gasteiger partial charge in [-0.15, -0.1) is 0 Å². The summed E-state index contributed by atoms with van der Waals surface area (Å²) >= 11 is 0. The molecule has 2 N–H and O–H groups in total. The third-order valence-corrected chi connectivity index (χ3v) is 2.93. The highest BCUT2D eigenvalue weighted by molar-refractivity contribution is 5.30. The fraction of sp³-hybridized carbons (Fsp3) is 0.636. The Labute approximate surface area is 105 Å². The first-order valence-corrected chi connectivity index (χ1v) is 5.86. The normalized spacial score (nSPS) is 25.1. The van der Waals surface area contributed by atoms with E-state index in [4.69, 9.17) is 9.84 Å². The predicted octanol–water partition coefficient (Wildman–Crippen LogP) is -0.893. The Morgan fingerprint density at radius 3 is 3.00 bits per heavy atom. The van der Waals surface area contributed by atoms with Gasteiger partial charge in [-0.25, -0.2) is 4.79 Å². The number of aliphatic hydroxyl groups is 1. The molecule has 18 heavy (non-hydrogen) atoms. The molecule has 0 aromatic carbocycles. The average Bonchev–Trinajstić information content (AvgIpc) is 2.37. The van der Waals surface area contributed by atoms with Gasteiger partial charge < -0.3 is 15.2 Å². The van der Waals surface area contributed by atoms with Gasteiger partial charge in [0.1, 0.15) is 5.82 Å². The van der Waals surface area contributed by atoms with E-state index in [2.05, 4.69) is 10.3 Å². The SMILES string of the molecule is CNc1ccn(C2CN(C)CC(CO)O2)c(=O)n1. The first-order chi connectivity index (χ1) is 8.63. The second-order valence-electron chi connectivity index (χ2n) is 4.37. The van der Waals surface area contributed by atoms with Crippen LogP contribution in [0.1, 0.15) is 6.23 Å². The van der Waals surface area contributed by atoms with E-state index in [1.54, 1.807) is 19.3 Å². The molecule has 0 amide bonds. The lowest BCUT2D eigenvalue weighted by atomic mass is 10.3. The quantitative estimate of drug-likeness (QED) is 0.728. The van der Waals surface area contributed by atoms with Crippen LogP contribution in [0.25, 0.3) is 0 Å². The van der Waals surface area contributed by atoms with Crippen molar-refractivity contribution in [1.29, 1.82) is 0 Å². The smallest absolute Gasteiger partial charge is 0.351 e. The van der Waals surface area contributed by atoms with E-state index >= 15 is 0 Å². The van der Waals surface area contributed by atoms with Crippen LogP contribution in [0, 0.1) is 0 Å². The molecule has 1 aromatic rings. The zero-order valence-corrected chi connectivity index (χ0v) is 10.5. The van der Waals surface area contributed by atoms with Gasteiger partial charge in [0.05, 0.1) is 12.7 Å². The summed E-state index contributed by atoms with van der Waals surface area (Å²) in [6, 6.07) is 1.72. The molecule has 2 rings (SSSR count). The fourth-order valence-corrected chi connectivity index (χ4v) is 2.02. The minimum Gasteiger partial charge on any atom is -0.394 e. The van der Waals surface area contributed by atoms with Crippen LogP contribution in [0.4, 0.5) is 5.82 Å². The van der Waals surface area contributed by atoms with Crippen molar-refractivity contribution >= 4 is 5.82 Å². The van der Waals surface area contributed by atoms with E-state index in [9.17, 15) is 4.79 Å². The second kappa shape index (κ2) is 5.47. The van der Waals surface area contributed by atoms with Gasteiger partial charge in [0, 0.05) is 26.3 Å². The average molecular weight is 254 g/mol. The van der Waals surface area contributed by atoms with E-state index in [1.165, 1.54) is 4.57 Å². The molecule has 0 aliphatic carbocycles. The summed E-state index contributed by atoms with van der Waals surface area (Å²) in [5, 5.41) is 12.0. The molecular weight excluding hydrogens is 236 g/mol. The number of aromatic nitrogens is 2. The van der Waals surface area contributed by atoms with E-state index < -0.39 is 6.23 Å². The molecule has 2 unspecified atom stereocenters. The zero-order chi connectivity index (χ0) is 13.1. The van der Waals surface area contributed by atoms with Crippen molar-refractivity contribution < 1.29 is 9.84 Å². The number of ether oxygens (including phenoxy) is 1. The lowest BCUT2D eigenvalue weighted by molar-refractivity contribution is -0.130. The van der Waals surface area contributed by atoms with Crippen molar-refractivity contribution in [3.05, 3.63) is 22.7 Å². The van der Waals surface area contributed by atoms with Crippen LogP contribution in [0.15, 0.2) is 17.1 Å². The number of hydrogen-bond donors (Lipinski definition) is 2. The van der Waals surface area contributed by atoms with Crippen molar-refractivity contribution in [3.8, 4) is 0 Å². The molecule has 0 saturated carbocycles. The van der Waals surface area contributed by atoms with Crippen molar-refractivity contribution in [3.63, 3.8) is 0 Å². The first-order valence-electron chi connectivity index (χ1n) is 5.86. The second-order valence-corrected chi connectivity index (χ2v) is 4.37. The largest absolute Gasteiger partial charge is 0.394 e. The molecule has 1 aliphatic rings. The van der Waals surface area contributed by atoms with Crippen LogP contribution in [-0.2, 0) is 4.74 Å². The Bertz CT molecular complexity index is 462. The summed E-state index contributed by atoms with van der Waals surface area (Å²) in [5.74, 6) is 0.527. The molecule has 1 saturated heterocycles. The number of hydrogen-bond acceptors (Lipinski definition) is 6. The summed E-state index contributed by atoms with van der Waals surface area (Å²) in [5.41, 5.74) is -0.362. The molecule has 0 radical (unpaired) electrons. The molecule has 7 nitrogen and oxygen atoms in total. The van der Waals surface area contributed by atoms with Crippen LogP contribution in [0.5, 0.6) is 0 Å². The molecule has 0 bridgehead atoms. The number of anilines is 1. The number of morpholine rings is 1. The molecule has 0 spiro atoms. The first kappa shape index (κ1) is 13.0. The maximum atomic E-state index is 11.9. The number of aliphatic hydroxyl groups excluding tert-OH is 1. The van der Waals surface area contributed by atoms with Gasteiger partial charge >= 0.3 is 5.69 Å². The van der Waals surface area contributed by atoms with E-state index in [1.807, 2.05) is 11.9 Å². The van der Waals surface area contributed by atoms with Crippen LogP contribution in [-0.4, -0.2) is 59.5 Å². The molecule has 1 fully saturated rings. The Morgan fingerprint density at radius 2 is 2.39 bits per heavy atom. The summed E-state index contributed by atoms with van der Waals surface area (Å²) in [6.07, 6.45) is 0.968. The number of nitrogens with one attached hydrogen (secondary N) is 1. The summed E-state index contributed by atoms with van der Waals surface area (Å²) in [7, 11) is 3.64. The van der Waals surface area contributed by atoms with Gasteiger partial charge in [0.2, 0.25) is 0 Å². The highest BCUT2D eigenvalue weighted by atomic mass is 16.5. The van der Waals surface area contributed by atoms with Crippen LogP contribution in [0.3, 0.4) is 0 Å². The van der Waals surface area contributed by atoms with Crippen molar-refractivity contribution in [2.45, 2.75) is 12.3 Å². The molecule has 2 atom stereocenters. The van der Waals surface area contributed by atoms with Gasteiger partial charge in [-0.2, -0.15) is 4.98 Å². The maximum Gasteiger partial charge on any atom is 0.351 e. The Balaban J connectivity index is 2.22. The molecule has 1 aromatic heterocycles. The van der Waals surface area contributed by atoms with Crippen molar-refractivity contribution in [2.24, 2.45) is 0 Å². The van der Waals surface area contributed by atoms with Crippen LogP contribution < -0.4 is 11.0 Å². The van der Waals surface area contributed by atoms with Gasteiger partial charge in [-0.1, -0.05) is 0 Å². The molecule has 100 valence electrons. The van der Waals surface area contributed by atoms with Gasteiger partial charge in [0.15, 0.2) is 6.23 Å². The summed E-state index contributed by atoms with van der Waals surface area (Å²) in [4.78, 5) is 17.7. The van der Waals surface area contributed by atoms with E-state index in [-0.39, 0.29) is 18.4 Å². The highest BCUT2D eigenvalue weighted by Gasteiger charge is 2.27. The number of likely N-dealkylation sites (N-methyl/N-ethyl adjacent to an activating group) is 1. The Morgan fingerprint density at radius 1 is 1.61 bits per heavy atom. The Kier molecular flexibility index (Phi) is 3.95. The molecule has 1 aliphatic heterocycles. The predicted molar refractivity (Wildman–Crippen MR) is 66.5 cm³/mol.